The van der Waals surface area contributed by atoms with Crippen molar-refractivity contribution in [1.29, 1.82) is 0 Å². The fourth-order valence-electron chi connectivity index (χ4n) is 2.58. The molecular weight excluding hydrogens is 292 g/mol. The van der Waals surface area contributed by atoms with Gasteiger partial charge in [0, 0.05) is 17.7 Å². The molecule has 23 heavy (non-hydrogen) atoms. The maximum Gasteiger partial charge on any atom is 0.262 e. The summed E-state index contributed by atoms with van der Waals surface area (Å²) in [6.45, 7) is 5.89. The van der Waals surface area contributed by atoms with Crippen LogP contribution in [-0.4, -0.2) is 23.1 Å². The third-order valence-corrected chi connectivity index (χ3v) is 3.61. The Morgan fingerprint density at radius 1 is 1.35 bits per heavy atom. The summed E-state index contributed by atoms with van der Waals surface area (Å²) in [5, 5.41) is 2.76. The number of nitrogens with zero attached hydrogens (tertiary/aromatic N) is 1. The number of benzene rings is 1. The Labute approximate surface area is 135 Å². The Morgan fingerprint density at radius 2 is 2.17 bits per heavy atom. The highest BCUT2D eigenvalue weighted by Crippen LogP contribution is 2.41. The first kappa shape index (κ1) is 15.3. The topological polar surface area (TPSA) is 60.5 Å². The average molecular weight is 312 g/mol. The van der Waals surface area contributed by atoms with E-state index in [2.05, 4.69) is 10.3 Å². The van der Waals surface area contributed by atoms with Crippen molar-refractivity contribution in [1.82, 2.24) is 4.98 Å². The molecule has 1 aromatic heterocycles. The van der Waals surface area contributed by atoms with Crippen molar-refractivity contribution in [3.05, 3.63) is 47.8 Å². The maximum atomic E-state index is 12.0. The Morgan fingerprint density at radius 3 is 2.91 bits per heavy atom. The van der Waals surface area contributed by atoms with Gasteiger partial charge in [0.2, 0.25) is 0 Å². The molecule has 0 spiro atoms. The minimum Gasteiger partial charge on any atom is -0.483 e. The van der Waals surface area contributed by atoms with Gasteiger partial charge in [0.1, 0.15) is 5.60 Å². The molecule has 0 bridgehead atoms. The second-order valence-electron chi connectivity index (χ2n) is 6.31. The van der Waals surface area contributed by atoms with Crippen LogP contribution >= 0.6 is 0 Å². The van der Waals surface area contributed by atoms with Gasteiger partial charge >= 0.3 is 0 Å². The second-order valence-corrected chi connectivity index (χ2v) is 6.31. The second kappa shape index (κ2) is 5.91. The zero-order chi connectivity index (χ0) is 16.4. The molecule has 3 rings (SSSR count). The number of carbonyl (C=O) groups excluding carboxylic acids is 1. The number of carbonyl (C=O) groups is 1. The van der Waals surface area contributed by atoms with Gasteiger partial charge in [-0.15, -0.1) is 0 Å². The van der Waals surface area contributed by atoms with E-state index in [1.807, 2.05) is 51.1 Å². The summed E-state index contributed by atoms with van der Waals surface area (Å²) in [5.74, 6) is 1.11. The summed E-state index contributed by atoms with van der Waals surface area (Å²) in [5.41, 5.74) is 2.42. The molecule has 1 amide bonds. The van der Waals surface area contributed by atoms with E-state index in [-0.39, 0.29) is 18.1 Å². The first-order chi connectivity index (χ1) is 10.9. The van der Waals surface area contributed by atoms with Crippen LogP contribution in [-0.2, 0) is 11.2 Å². The number of aromatic nitrogens is 1. The number of rotatable bonds is 4. The molecule has 1 N–H and O–H groups in total. The molecule has 1 aromatic carbocycles. The molecule has 0 saturated heterocycles. The number of anilines is 1. The zero-order valence-corrected chi connectivity index (χ0v) is 13.6. The number of aryl methyl sites for hydroxylation is 1. The third kappa shape index (κ3) is 3.62. The van der Waals surface area contributed by atoms with Gasteiger partial charge in [-0.3, -0.25) is 9.78 Å². The molecule has 120 valence electrons. The van der Waals surface area contributed by atoms with Crippen LogP contribution in [0.2, 0.25) is 0 Å². The van der Waals surface area contributed by atoms with Crippen molar-refractivity contribution in [2.24, 2.45) is 0 Å². The predicted octanol–water partition coefficient (Wildman–Crippen LogP) is 3.12. The van der Waals surface area contributed by atoms with Gasteiger partial charge in [-0.25, -0.2) is 0 Å². The Hall–Kier alpha value is -2.56. The SMILES string of the molecule is Cc1ccc(NC(=O)COc2cccc3c2OC(C)(C)C3)cn1. The highest BCUT2D eigenvalue weighted by Gasteiger charge is 2.32. The lowest BCUT2D eigenvalue weighted by Crippen LogP contribution is -2.25. The van der Waals surface area contributed by atoms with Crippen molar-refractivity contribution in [2.45, 2.75) is 32.8 Å². The maximum absolute atomic E-state index is 12.0. The van der Waals surface area contributed by atoms with Gasteiger partial charge in [0.15, 0.2) is 18.1 Å². The summed E-state index contributed by atoms with van der Waals surface area (Å²) < 4.78 is 11.6. The van der Waals surface area contributed by atoms with Crippen molar-refractivity contribution in [3.8, 4) is 11.5 Å². The van der Waals surface area contributed by atoms with Crippen LogP contribution in [0.4, 0.5) is 5.69 Å². The van der Waals surface area contributed by atoms with Crippen LogP contribution in [0, 0.1) is 6.92 Å². The number of para-hydroxylation sites is 1. The number of fused-ring (bicyclic) bond motifs is 1. The van der Waals surface area contributed by atoms with Gasteiger partial charge in [-0.05, 0) is 39.0 Å². The van der Waals surface area contributed by atoms with Crippen LogP contribution in [0.5, 0.6) is 11.5 Å². The number of nitrogens with one attached hydrogen (secondary N) is 1. The first-order valence-electron chi connectivity index (χ1n) is 7.59. The van der Waals surface area contributed by atoms with Crippen LogP contribution in [0.1, 0.15) is 25.1 Å². The van der Waals surface area contributed by atoms with Crippen molar-refractivity contribution < 1.29 is 14.3 Å². The number of pyridine rings is 1. The summed E-state index contributed by atoms with van der Waals surface area (Å²) in [7, 11) is 0. The number of amides is 1. The van der Waals surface area contributed by atoms with Crippen LogP contribution in [0.3, 0.4) is 0 Å². The van der Waals surface area contributed by atoms with E-state index in [0.29, 0.717) is 11.4 Å². The van der Waals surface area contributed by atoms with Crippen molar-refractivity contribution in [3.63, 3.8) is 0 Å². The van der Waals surface area contributed by atoms with Gasteiger partial charge in [0.05, 0.1) is 11.9 Å². The standard InChI is InChI=1S/C18H20N2O3/c1-12-7-8-14(10-19-12)20-16(21)11-22-15-6-4-5-13-9-18(2,3)23-17(13)15/h4-8,10H,9,11H2,1-3H3,(H,20,21). The Kier molecular flexibility index (Phi) is 3.94. The van der Waals surface area contributed by atoms with E-state index in [0.717, 1.165) is 23.4 Å². The van der Waals surface area contributed by atoms with Gasteiger partial charge in [-0.1, -0.05) is 12.1 Å². The summed E-state index contributed by atoms with van der Waals surface area (Å²) >= 11 is 0. The fraction of sp³-hybridized carbons (Fsp3) is 0.333. The zero-order valence-electron chi connectivity index (χ0n) is 13.6. The van der Waals surface area contributed by atoms with Crippen LogP contribution in [0.25, 0.3) is 0 Å². The lowest BCUT2D eigenvalue weighted by atomic mass is 10.0. The molecule has 1 aliphatic rings. The molecule has 2 heterocycles. The Bertz CT molecular complexity index is 724. The molecule has 5 nitrogen and oxygen atoms in total. The van der Waals surface area contributed by atoms with Crippen molar-refractivity contribution >= 4 is 11.6 Å². The van der Waals surface area contributed by atoms with E-state index in [1.165, 1.54) is 0 Å². The molecule has 0 atom stereocenters. The molecule has 0 unspecified atom stereocenters. The normalized spacial score (nSPS) is 14.7. The fourth-order valence-corrected chi connectivity index (χ4v) is 2.58. The Balaban J connectivity index is 1.62. The molecule has 5 heteroatoms. The minimum absolute atomic E-state index is 0.0753. The molecule has 0 saturated carbocycles. The molecule has 2 aromatic rings. The predicted molar refractivity (Wildman–Crippen MR) is 88.0 cm³/mol. The third-order valence-electron chi connectivity index (χ3n) is 3.61. The quantitative estimate of drug-likeness (QED) is 0.942. The summed E-state index contributed by atoms with van der Waals surface area (Å²) in [6.07, 6.45) is 2.46. The van der Waals surface area contributed by atoms with E-state index >= 15 is 0 Å². The largest absolute Gasteiger partial charge is 0.483 e. The van der Waals surface area contributed by atoms with Crippen LogP contribution < -0.4 is 14.8 Å². The van der Waals surface area contributed by atoms with Gasteiger partial charge in [0.25, 0.3) is 5.91 Å². The average Bonchev–Trinajstić information content (AvgIpc) is 2.82. The molecule has 0 fully saturated rings. The monoisotopic (exact) mass is 312 g/mol. The minimum atomic E-state index is -0.238. The van der Waals surface area contributed by atoms with Crippen LogP contribution in [0.15, 0.2) is 36.5 Å². The molecule has 0 aliphatic carbocycles. The first-order valence-corrected chi connectivity index (χ1v) is 7.59. The molecule has 1 aliphatic heterocycles. The number of hydrogen-bond donors (Lipinski definition) is 1. The lowest BCUT2D eigenvalue weighted by molar-refractivity contribution is -0.118. The molecule has 0 radical (unpaired) electrons. The lowest BCUT2D eigenvalue weighted by Gasteiger charge is -2.18. The van der Waals surface area contributed by atoms with E-state index in [4.69, 9.17) is 9.47 Å². The summed E-state index contributed by atoms with van der Waals surface area (Å²) in [4.78, 5) is 16.1. The van der Waals surface area contributed by atoms with E-state index < -0.39 is 0 Å². The van der Waals surface area contributed by atoms with E-state index in [9.17, 15) is 4.79 Å². The van der Waals surface area contributed by atoms with Gasteiger partial charge in [-0.2, -0.15) is 0 Å². The smallest absolute Gasteiger partial charge is 0.262 e. The highest BCUT2D eigenvalue weighted by atomic mass is 16.5. The molecular formula is C18H20N2O3. The van der Waals surface area contributed by atoms with E-state index in [1.54, 1.807) is 6.20 Å². The highest BCUT2D eigenvalue weighted by molar-refractivity contribution is 5.91. The van der Waals surface area contributed by atoms with Crippen molar-refractivity contribution in [2.75, 3.05) is 11.9 Å². The number of hydrogen-bond acceptors (Lipinski definition) is 4. The number of ether oxygens (including phenoxy) is 2. The summed E-state index contributed by atoms with van der Waals surface area (Å²) in [6, 6.07) is 9.42. The van der Waals surface area contributed by atoms with Gasteiger partial charge < -0.3 is 14.8 Å².